The molecular formula is C28H24N4O3S. The zero-order valence-corrected chi connectivity index (χ0v) is 20.7. The van der Waals surface area contributed by atoms with Gasteiger partial charge >= 0.3 is 0 Å². The van der Waals surface area contributed by atoms with Gasteiger partial charge in [0.25, 0.3) is 5.89 Å². The average Bonchev–Trinajstić information content (AvgIpc) is 3.57. The van der Waals surface area contributed by atoms with Gasteiger partial charge in [0.15, 0.2) is 16.6 Å². The van der Waals surface area contributed by atoms with Crippen LogP contribution in [0.3, 0.4) is 0 Å². The number of allylic oxidation sites excluding steroid dienone is 1. The molecule has 36 heavy (non-hydrogen) atoms. The second kappa shape index (κ2) is 9.13. The number of nitrogens with one attached hydrogen (secondary N) is 1. The van der Waals surface area contributed by atoms with Crippen molar-refractivity contribution in [2.24, 2.45) is 0 Å². The summed E-state index contributed by atoms with van der Waals surface area (Å²) in [5.74, 6) is 2.31. The van der Waals surface area contributed by atoms with Crippen LogP contribution >= 0.6 is 12.2 Å². The van der Waals surface area contributed by atoms with Gasteiger partial charge in [0.2, 0.25) is 12.6 Å². The molecule has 0 aliphatic carbocycles. The molecule has 0 amide bonds. The second-order valence-electron chi connectivity index (χ2n) is 8.86. The lowest BCUT2D eigenvalue weighted by molar-refractivity contribution is 0.174. The van der Waals surface area contributed by atoms with E-state index in [9.17, 15) is 0 Å². The van der Waals surface area contributed by atoms with Crippen LogP contribution in [-0.2, 0) is 6.54 Å². The van der Waals surface area contributed by atoms with Crippen LogP contribution in [0.5, 0.6) is 11.5 Å². The maximum atomic E-state index is 5.86. The molecule has 6 rings (SSSR count). The van der Waals surface area contributed by atoms with E-state index in [2.05, 4.69) is 65.6 Å². The Morgan fingerprint density at radius 1 is 0.972 bits per heavy atom. The van der Waals surface area contributed by atoms with Crippen LogP contribution in [0, 0.1) is 6.92 Å². The zero-order valence-electron chi connectivity index (χ0n) is 19.9. The fraction of sp³-hybridized carbons (Fsp3) is 0.179. The van der Waals surface area contributed by atoms with Gasteiger partial charge in [0, 0.05) is 17.8 Å². The third-order valence-electron chi connectivity index (χ3n) is 6.48. The number of thiocarbonyl (C=S) groups is 1. The van der Waals surface area contributed by atoms with Crippen molar-refractivity contribution < 1.29 is 14.0 Å². The standard InChI is InChI=1S/C28H24N4O3S/c1-17-8-10-20(11-9-17)25-24(18(2)32(28(36)29-25)15-19-6-4-3-5-7-19)27-30-26(31-35-27)21-12-13-22-23(14-21)34-16-33-22/h3-14,25H,15-16H2,1-2H3,(H,29,36). The number of fused-ring (bicyclic) bond motifs is 1. The first-order chi connectivity index (χ1) is 17.6. The van der Waals surface area contributed by atoms with Crippen LogP contribution in [0.1, 0.15) is 35.5 Å². The molecule has 3 heterocycles. The highest BCUT2D eigenvalue weighted by molar-refractivity contribution is 7.80. The van der Waals surface area contributed by atoms with Crippen LogP contribution in [-0.4, -0.2) is 26.9 Å². The third kappa shape index (κ3) is 4.09. The van der Waals surface area contributed by atoms with Gasteiger partial charge in [-0.1, -0.05) is 65.3 Å². The molecule has 0 saturated carbocycles. The van der Waals surface area contributed by atoms with E-state index in [0.29, 0.717) is 34.9 Å². The maximum Gasteiger partial charge on any atom is 0.258 e. The monoisotopic (exact) mass is 496 g/mol. The normalized spacial score (nSPS) is 16.9. The molecule has 0 spiro atoms. The summed E-state index contributed by atoms with van der Waals surface area (Å²) in [4.78, 5) is 6.88. The summed E-state index contributed by atoms with van der Waals surface area (Å²) in [7, 11) is 0. The van der Waals surface area contributed by atoms with E-state index in [0.717, 1.165) is 28.0 Å². The molecule has 7 nitrogen and oxygen atoms in total. The Balaban J connectivity index is 1.42. The molecule has 0 radical (unpaired) electrons. The molecular weight excluding hydrogens is 472 g/mol. The molecule has 1 unspecified atom stereocenters. The van der Waals surface area contributed by atoms with E-state index < -0.39 is 0 Å². The lowest BCUT2D eigenvalue weighted by Gasteiger charge is -2.37. The van der Waals surface area contributed by atoms with E-state index in [1.54, 1.807) is 0 Å². The predicted octanol–water partition coefficient (Wildman–Crippen LogP) is 5.64. The zero-order chi connectivity index (χ0) is 24.6. The van der Waals surface area contributed by atoms with E-state index in [1.165, 1.54) is 5.56 Å². The Kier molecular flexibility index (Phi) is 5.65. The average molecular weight is 497 g/mol. The van der Waals surface area contributed by atoms with Gasteiger partial charge < -0.3 is 24.2 Å². The molecule has 1 aromatic heterocycles. The van der Waals surface area contributed by atoms with Gasteiger partial charge in [0.1, 0.15) is 0 Å². The van der Waals surface area contributed by atoms with E-state index in [-0.39, 0.29) is 12.8 Å². The van der Waals surface area contributed by atoms with Crippen molar-refractivity contribution in [2.45, 2.75) is 26.4 Å². The van der Waals surface area contributed by atoms with Gasteiger partial charge in [-0.2, -0.15) is 4.98 Å². The highest BCUT2D eigenvalue weighted by Gasteiger charge is 2.34. The third-order valence-corrected chi connectivity index (χ3v) is 6.82. The van der Waals surface area contributed by atoms with Gasteiger partial charge in [-0.3, -0.25) is 0 Å². The largest absolute Gasteiger partial charge is 0.454 e. The topological polar surface area (TPSA) is 72.6 Å². The van der Waals surface area contributed by atoms with Crippen molar-refractivity contribution in [3.8, 4) is 22.9 Å². The molecule has 180 valence electrons. The molecule has 2 aliphatic rings. The van der Waals surface area contributed by atoms with Crippen molar-refractivity contribution in [1.29, 1.82) is 0 Å². The number of aryl methyl sites for hydroxylation is 1. The van der Waals surface area contributed by atoms with Gasteiger partial charge in [-0.05, 0) is 55.4 Å². The van der Waals surface area contributed by atoms with E-state index in [4.69, 9.17) is 31.2 Å². The van der Waals surface area contributed by atoms with Crippen molar-refractivity contribution >= 4 is 22.9 Å². The molecule has 4 aromatic rings. The number of benzene rings is 3. The molecule has 3 aromatic carbocycles. The van der Waals surface area contributed by atoms with Gasteiger partial charge in [0.05, 0.1) is 11.6 Å². The quantitative estimate of drug-likeness (QED) is 0.356. The maximum absolute atomic E-state index is 5.86. The molecule has 1 N–H and O–H groups in total. The first-order valence-corrected chi connectivity index (χ1v) is 12.1. The van der Waals surface area contributed by atoms with Gasteiger partial charge in [-0.25, -0.2) is 0 Å². The number of hydrogen-bond donors (Lipinski definition) is 1. The summed E-state index contributed by atoms with van der Waals surface area (Å²) >= 11 is 5.82. The van der Waals surface area contributed by atoms with Crippen molar-refractivity contribution in [3.05, 3.63) is 101 Å². The summed E-state index contributed by atoms with van der Waals surface area (Å²) < 4.78 is 16.8. The number of aromatic nitrogens is 2. The SMILES string of the molecule is CC1=C(c2nc(-c3ccc4c(c3)OCO4)no2)C(c2ccc(C)cc2)NC(=S)N1Cc1ccccc1. The predicted molar refractivity (Wildman–Crippen MR) is 140 cm³/mol. The molecule has 8 heteroatoms. The van der Waals surface area contributed by atoms with E-state index in [1.807, 2.05) is 36.4 Å². The summed E-state index contributed by atoms with van der Waals surface area (Å²) in [6.07, 6.45) is 0. The Morgan fingerprint density at radius 2 is 1.75 bits per heavy atom. The molecule has 0 fully saturated rings. The summed E-state index contributed by atoms with van der Waals surface area (Å²) in [6, 6.07) is 24.0. The lowest BCUT2D eigenvalue weighted by Crippen LogP contribution is -2.45. The van der Waals surface area contributed by atoms with Crippen LogP contribution in [0.4, 0.5) is 0 Å². The highest BCUT2D eigenvalue weighted by atomic mass is 32.1. The fourth-order valence-electron chi connectivity index (χ4n) is 4.51. The van der Waals surface area contributed by atoms with E-state index >= 15 is 0 Å². The summed E-state index contributed by atoms with van der Waals surface area (Å²) in [5, 5.41) is 8.47. The van der Waals surface area contributed by atoms with Crippen LogP contribution < -0.4 is 14.8 Å². The molecule has 0 saturated heterocycles. The minimum absolute atomic E-state index is 0.212. The smallest absolute Gasteiger partial charge is 0.258 e. The van der Waals surface area contributed by atoms with Crippen LogP contribution in [0.15, 0.2) is 83.0 Å². The summed E-state index contributed by atoms with van der Waals surface area (Å²) in [6.45, 7) is 4.97. The first-order valence-electron chi connectivity index (χ1n) is 11.7. The Hall–Kier alpha value is -4.17. The fourth-order valence-corrected chi connectivity index (χ4v) is 4.83. The van der Waals surface area contributed by atoms with Crippen LogP contribution in [0.2, 0.25) is 0 Å². The minimum Gasteiger partial charge on any atom is -0.454 e. The van der Waals surface area contributed by atoms with Crippen molar-refractivity contribution in [3.63, 3.8) is 0 Å². The van der Waals surface area contributed by atoms with Crippen LogP contribution in [0.25, 0.3) is 17.0 Å². The number of rotatable bonds is 5. The summed E-state index contributed by atoms with van der Waals surface area (Å²) in [5.41, 5.74) is 6.06. The Bertz CT molecular complexity index is 1460. The highest BCUT2D eigenvalue weighted by Crippen LogP contribution is 2.39. The second-order valence-corrected chi connectivity index (χ2v) is 9.24. The number of ether oxygens (including phenoxy) is 2. The van der Waals surface area contributed by atoms with Gasteiger partial charge in [-0.15, -0.1) is 0 Å². The Morgan fingerprint density at radius 3 is 2.56 bits per heavy atom. The Labute approximate surface area is 214 Å². The first kappa shape index (κ1) is 22.3. The molecule has 2 aliphatic heterocycles. The minimum atomic E-state index is -0.227. The molecule has 1 atom stereocenters. The molecule has 0 bridgehead atoms. The van der Waals surface area contributed by atoms with Crippen molar-refractivity contribution in [1.82, 2.24) is 20.4 Å². The van der Waals surface area contributed by atoms with Crippen molar-refractivity contribution in [2.75, 3.05) is 6.79 Å². The number of nitrogens with zero attached hydrogens (tertiary/aromatic N) is 3. The lowest BCUT2D eigenvalue weighted by atomic mass is 9.94. The number of hydrogen-bond acceptors (Lipinski definition) is 6.